The van der Waals surface area contributed by atoms with Gasteiger partial charge in [0.2, 0.25) is 5.88 Å². The van der Waals surface area contributed by atoms with E-state index in [1.165, 1.54) is 11.9 Å². The second-order valence-corrected chi connectivity index (χ2v) is 8.25. The number of methoxy groups -OCH3 is 2. The van der Waals surface area contributed by atoms with Crippen LogP contribution in [0.25, 0.3) is 28.5 Å². The van der Waals surface area contributed by atoms with Gasteiger partial charge in [-0.05, 0) is 49.2 Å². The van der Waals surface area contributed by atoms with E-state index in [9.17, 15) is 0 Å². The zero-order valence-electron chi connectivity index (χ0n) is 19.9. The second-order valence-electron chi connectivity index (χ2n) is 7.37. The Hall–Kier alpha value is -4.38. The summed E-state index contributed by atoms with van der Waals surface area (Å²) in [7, 11) is 3.21. The van der Waals surface area contributed by atoms with Gasteiger partial charge in [-0.1, -0.05) is 12.1 Å². The van der Waals surface area contributed by atoms with Crippen LogP contribution in [0.2, 0.25) is 0 Å². The van der Waals surface area contributed by atoms with Gasteiger partial charge < -0.3 is 18.9 Å². The van der Waals surface area contributed by atoms with Crippen LogP contribution in [0.4, 0.5) is 5.82 Å². The van der Waals surface area contributed by atoms with Crippen LogP contribution in [0.5, 0.6) is 17.4 Å². The first-order chi connectivity index (χ1) is 17.7. The summed E-state index contributed by atoms with van der Waals surface area (Å²) in [5, 5.41) is 0. The number of anilines is 1. The number of nitrogens with zero attached hydrogens (tertiary/aromatic N) is 6. The summed E-state index contributed by atoms with van der Waals surface area (Å²) in [6.45, 7) is 2.41. The number of fused-ring (bicyclic) bond motifs is 1. The largest absolute Gasteiger partial charge is 0.494 e. The Kier molecular flexibility index (Phi) is 6.80. The number of pyridine rings is 2. The van der Waals surface area contributed by atoms with Crippen molar-refractivity contribution >= 4 is 29.1 Å². The fourth-order valence-electron chi connectivity index (χ4n) is 3.62. The fourth-order valence-corrected chi connectivity index (χ4v) is 4.20. The van der Waals surface area contributed by atoms with Gasteiger partial charge in [0.15, 0.2) is 22.9 Å². The molecule has 0 aliphatic rings. The molecule has 0 saturated carbocycles. The summed E-state index contributed by atoms with van der Waals surface area (Å²) in [5.41, 5.74) is 2.18. The standard InChI is InChI=1S/C25H23N7O3S/c1-4-35-21-12-5-9-17(28-21)24-30-23-25(32(24)22-18(33-2)10-6-11-19(22)34-3)29-20(15-27-23)31-36-16-8-7-13-26-14-16/h5-15H,4H2,1-3H3,(H,29,31). The van der Waals surface area contributed by atoms with E-state index in [0.29, 0.717) is 58.3 Å². The molecule has 0 fully saturated rings. The summed E-state index contributed by atoms with van der Waals surface area (Å²) >= 11 is 1.39. The summed E-state index contributed by atoms with van der Waals surface area (Å²) in [4.78, 5) is 23.9. The van der Waals surface area contributed by atoms with Crippen molar-refractivity contribution in [3.63, 3.8) is 0 Å². The van der Waals surface area contributed by atoms with Gasteiger partial charge in [-0.25, -0.2) is 19.9 Å². The molecule has 1 aromatic carbocycles. The molecule has 0 saturated heterocycles. The van der Waals surface area contributed by atoms with Crippen LogP contribution in [0, 0.1) is 0 Å². The van der Waals surface area contributed by atoms with Gasteiger partial charge >= 0.3 is 0 Å². The van der Waals surface area contributed by atoms with Crippen LogP contribution in [-0.4, -0.2) is 50.3 Å². The quantitative estimate of drug-likeness (QED) is 0.283. The lowest BCUT2D eigenvalue weighted by Crippen LogP contribution is -2.06. The minimum Gasteiger partial charge on any atom is -0.494 e. The lowest BCUT2D eigenvalue weighted by Gasteiger charge is -2.16. The first-order valence-corrected chi connectivity index (χ1v) is 11.9. The van der Waals surface area contributed by atoms with Gasteiger partial charge in [0, 0.05) is 23.4 Å². The Morgan fingerprint density at radius 3 is 2.44 bits per heavy atom. The van der Waals surface area contributed by atoms with Crippen molar-refractivity contribution in [1.29, 1.82) is 0 Å². The topological polar surface area (TPSA) is 109 Å². The molecule has 5 rings (SSSR count). The average Bonchev–Trinajstić information content (AvgIpc) is 3.30. The minimum absolute atomic E-state index is 0.443. The highest BCUT2D eigenvalue weighted by molar-refractivity contribution is 8.00. The predicted molar refractivity (Wildman–Crippen MR) is 138 cm³/mol. The minimum atomic E-state index is 0.443. The highest BCUT2D eigenvalue weighted by atomic mass is 32.2. The molecule has 4 aromatic heterocycles. The van der Waals surface area contributed by atoms with Gasteiger partial charge in [-0.15, -0.1) is 0 Å². The molecule has 182 valence electrons. The van der Waals surface area contributed by atoms with Gasteiger partial charge in [0.25, 0.3) is 0 Å². The molecule has 11 heteroatoms. The number of para-hydroxylation sites is 1. The van der Waals surface area contributed by atoms with Gasteiger partial charge in [-0.2, -0.15) is 0 Å². The molecule has 0 spiro atoms. The Morgan fingerprint density at radius 1 is 0.917 bits per heavy atom. The first kappa shape index (κ1) is 23.4. The zero-order valence-corrected chi connectivity index (χ0v) is 20.7. The van der Waals surface area contributed by atoms with Crippen molar-refractivity contribution in [2.75, 3.05) is 25.5 Å². The number of aromatic nitrogens is 6. The third kappa shape index (κ3) is 4.60. The molecule has 36 heavy (non-hydrogen) atoms. The predicted octanol–water partition coefficient (Wildman–Crippen LogP) is 4.81. The van der Waals surface area contributed by atoms with E-state index in [0.717, 1.165) is 4.90 Å². The molecule has 0 radical (unpaired) electrons. The number of benzene rings is 1. The molecular formula is C25H23N7O3S. The smallest absolute Gasteiger partial charge is 0.213 e. The number of rotatable bonds is 9. The molecule has 5 aromatic rings. The van der Waals surface area contributed by atoms with E-state index in [4.69, 9.17) is 24.2 Å². The number of nitrogens with one attached hydrogen (secondary N) is 1. The normalized spacial score (nSPS) is 10.9. The Bertz CT molecular complexity index is 1470. The van der Waals surface area contributed by atoms with Gasteiger partial charge in [-0.3, -0.25) is 9.55 Å². The van der Waals surface area contributed by atoms with Crippen LogP contribution in [0.1, 0.15) is 6.92 Å². The van der Waals surface area contributed by atoms with Gasteiger partial charge in [0.05, 0.1) is 27.0 Å². The molecular weight excluding hydrogens is 478 g/mol. The fraction of sp³-hybridized carbons (Fsp3) is 0.160. The van der Waals surface area contributed by atoms with E-state index >= 15 is 0 Å². The third-order valence-corrected chi connectivity index (χ3v) is 5.94. The maximum atomic E-state index is 5.70. The number of hydrogen-bond donors (Lipinski definition) is 1. The van der Waals surface area contributed by atoms with E-state index in [2.05, 4.69) is 19.7 Å². The van der Waals surface area contributed by atoms with E-state index in [1.54, 1.807) is 38.9 Å². The summed E-state index contributed by atoms with van der Waals surface area (Å²) in [6.07, 6.45) is 5.13. The van der Waals surface area contributed by atoms with E-state index < -0.39 is 0 Å². The molecule has 0 atom stereocenters. The summed E-state index contributed by atoms with van der Waals surface area (Å²) in [6, 6.07) is 14.9. The van der Waals surface area contributed by atoms with Crippen molar-refractivity contribution in [3.8, 4) is 34.6 Å². The number of imidazole rings is 1. The van der Waals surface area contributed by atoms with Crippen LogP contribution in [0.15, 0.2) is 72.0 Å². The molecule has 10 nitrogen and oxygen atoms in total. The first-order valence-electron chi connectivity index (χ1n) is 11.1. The highest BCUT2D eigenvalue weighted by Gasteiger charge is 2.24. The number of ether oxygens (including phenoxy) is 3. The monoisotopic (exact) mass is 501 g/mol. The van der Waals surface area contributed by atoms with Crippen LogP contribution < -0.4 is 18.9 Å². The van der Waals surface area contributed by atoms with Crippen molar-refractivity contribution in [3.05, 3.63) is 67.1 Å². The maximum Gasteiger partial charge on any atom is 0.213 e. The van der Waals surface area contributed by atoms with Crippen LogP contribution in [0.3, 0.4) is 0 Å². The van der Waals surface area contributed by atoms with Crippen molar-refractivity contribution < 1.29 is 14.2 Å². The zero-order chi connectivity index (χ0) is 24.9. The Labute approximate surface area is 211 Å². The van der Waals surface area contributed by atoms with E-state index in [1.807, 2.05) is 54.0 Å². The van der Waals surface area contributed by atoms with Crippen LogP contribution >= 0.6 is 11.9 Å². The average molecular weight is 502 g/mol. The molecule has 0 bridgehead atoms. The maximum absolute atomic E-state index is 5.70. The Balaban J connectivity index is 1.70. The molecule has 0 aliphatic heterocycles. The molecule has 4 heterocycles. The molecule has 1 N–H and O–H groups in total. The molecule has 0 aliphatic carbocycles. The van der Waals surface area contributed by atoms with Crippen LogP contribution in [-0.2, 0) is 0 Å². The SMILES string of the molecule is CCOc1cccc(-c2nc3ncc(NSc4cccnc4)nc3n2-c2c(OC)cccc2OC)n1. The van der Waals surface area contributed by atoms with Gasteiger partial charge in [0.1, 0.15) is 22.9 Å². The summed E-state index contributed by atoms with van der Waals surface area (Å²) in [5.74, 6) is 2.73. The lowest BCUT2D eigenvalue weighted by molar-refractivity contribution is 0.327. The van der Waals surface area contributed by atoms with Crippen molar-refractivity contribution in [1.82, 2.24) is 29.5 Å². The van der Waals surface area contributed by atoms with E-state index in [-0.39, 0.29) is 0 Å². The van der Waals surface area contributed by atoms with Crippen molar-refractivity contribution in [2.45, 2.75) is 11.8 Å². The highest BCUT2D eigenvalue weighted by Crippen LogP contribution is 2.38. The second kappa shape index (κ2) is 10.5. The summed E-state index contributed by atoms with van der Waals surface area (Å²) < 4.78 is 22.1. The van der Waals surface area contributed by atoms with Crippen molar-refractivity contribution in [2.24, 2.45) is 0 Å². The Morgan fingerprint density at radius 2 is 1.72 bits per heavy atom. The molecule has 0 amide bonds. The lowest BCUT2D eigenvalue weighted by atomic mass is 10.2. The third-order valence-electron chi connectivity index (χ3n) is 5.15. The number of hydrogen-bond acceptors (Lipinski definition) is 10. The molecule has 0 unspecified atom stereocenters.